The highest BCUT2D eigenvalue weighted by Gasteiger charge is 2.51. The molecule has 5 aliphatic rings. The predicted molar refractivity (Wildman–Crippen MR) is 178 cm³/mol. The second kappa shape index (κ2) is 13.6. The third kappa shape index (κ3) is 7.06. The number of carbonyl (C=O) groups excluding carboxylic acids is 1. The summed E-state index contributed by atoms with van der Waals surface area (Å²) in [6, 6.07) is 18.8. The lowest BCUT2D eigenvalue weighted by atomic mass is 9.53. The molecular weight excluding hydrogens is 614 g/mol. The molecule has 1 aliphatic heterocycles. The molecule has 4 bridgehead atoms. The van der Waals surface area contributed by atoms with Gasteiger partial charge in [-0.1, -0.05) is 55.5 Å². The van der Waals surface area contributed by atoms with Gasteiger partial charge in [-0.2, -0.15) is 0 Å². The molecule has 4 atom stereocenters. The van der Waals surface area contributed by atoms with Crippen molar-refractivity contribution in [3.63, 3.8) is 0 Å². The van der Waals surface area contributed by atoms with Gasteiger partial charge in [-0.15, -0.1) is 11.8 Å². The molecule has 2 heterocycles. The minimum Gasteiger partial charge on any atom is -0.478 e. The van der Waals surface area contributed by atoms with E-state index in [4.69, 9.17) is 9.47 Å². The van der Waals surface area contributed by atoms with Crippen LogP contribution in [0.3, 0.4) is 0 Å². The van der Waals surface area contributed by atoms with E-state index < -0.39 is 12.3 Å². The summed E-state index contributed by atoms with van der Waals surface area (Å²) in [5, 5.41) is 26.1. The topological polar surface area (TPSA) is 130 Å². The number of carboxylic acids is 1. The molecule has 248 valence electrons. The number of aliphatic hydroxyl groups is 1. The van der Waals surface area contributed by atoms with Crippen LogP contribution < -0.4 is 10.6 Å². The van der Waals surface area contributed by atoms with Crippen LogP contribution in [0.25, 0.3) is 0 Å². The van der Waals surface area contributed by atoms with Crippen LogP contribution in [0.1, 0.15) is 90.5 Å². The molecule has 8 rings (SSSR count). The summed E-state index contributed by atoms with van der Waals surface area (Å²) in [7, 11) is 0. The Bertz CT molecular complexity index is 1550. The minimum absolute atomic E-state index is 0.0228. The van der Waals surface area contributed by atoms with Crippen LogP contribution in [-0.2, 0) is 22.6 Å². The monoisotopic (exact) mass is 657 g/mol. The Morgan fingerprint density at radius 1 is 0.915 bits per heavy atom. The molecule has 5 fully saturated rings. The van der Waals surface area contributed by atoms with Crippen LogP contribution in [0.5, 0.6) is 0 Å². The molecule has 0 spiro atoms. The van der Waals surface area contributed by atoms with Gasteiger partial charge < -0.3 is 30.3 Å². The van der Waals surface area contributed by atoms with Gasteiger partial charge in [0.15, 0.2) is 6.29 Å². The highest BCUT2D eigenvalue weighted by Crippen LogP contribution is 2.55. The van der Waals surface area contributed by atoms with Crippen molar-refractivity contribution in [3.05, 3.63) is 94.7 Å². The van der Waals surface area contributed by atoms with Crippen molar-refractivity contribution in [1.29, 1.82) is 0 Å². The molecule has 0 radical (unpaired) electrons. The number of hydrogen-bond acceptors (Lipinski definition) is 7. The van der Waals surface area contributed by atoms with Crippen LogP contribution in [0, 0.1) is 23.7 Å². The lowest BCUT2D eigenvalue weighted by Gasteiger charge is -2.56. The Morgan fingerprint density at radius 3 is 2.19 bits per heavy atom. The van der Waals surface area contributed by atoms with Crippen LogP contribution in [-0.4, -0.2) is 44.6 Å². The zero-order valence-electron chi connectivity index (χ0n) is 26.6. The van der Waals surface area contributed by atoms with Crippen molar-refractivity contribution in [3.8, 4) is 0 Å². The molecule has 47 heavy (non-hydrogen) atoms. The van der Waals surface area contributed by atoms with E-state index >= 15 is 0 Å². The Kier molecular flexibility index (Phi) is 9.29. The first-order chi connectivity index (χ1) is 22.8. The fourth-order valence-electron chi connectivity index (χ4n) is 8.66. The average Bonchev–Trinajstić information content (AvgIpc) is 3.06. The number of urea groups is 1. The number of carbonyl (C=O) groups is 2. The van der Waals surface area contributed by atoms with E-state index in [9.17, 15) is 19.8 Å². The van der Waals surface area contributed by atoms with Gasteiger partial charge in [0, 0.05) is 35.5 Å². The second-order valence-corrected chi connectivity index (χ2v) is 15.1. The average molecular weight is 658 g/mol. The number of carboxylic acid groups (broad SMARTS) is 1. The number of pyridine rings is 1. The number of nitrogens with zero attached hydrogens (tertiary/aromatic N) is 1. The van der Waals surface area contributed by atoms with Gasteiger partial charge in [0.1, 0.15) is 5.03 Å². The Balaban J connectivity index is 1.02. The van der Waals surface area contributed by atoms with Crippen LogP contribution in [0.2, 0.25) is 0 Å². The van der Waals surface area contributed by atoms with Crippen molar-refractivity contribution in [1.82, 2.24) is 15.6 Å². The maximum absolute atomic E-state index is 13.0. The summed E-state index contributed by atoms with van der Waals surface area (Å²) in [5.41, 5.74) is 3.79. The quantitative estimate of drug-likeness (QED) is 0.179. The third-order valence-electron chi connectivity index (χ3n) is 10.6. The van der Waals surface area contributed by atoms with Crippen molar-refractivity contribution >= 4 is 23.8 Å². The number of aromatic nitrogens is 1. The van der Waals surface area contributed by atoms with E-state index in [-0.39, 0.29) is 41.9 Å². The summed E-state index contributed by atoms with van der Waals surface area (Å²) in [6.07, 6.45) is 7.78. The van der Waals surface area contributed by atoms with E-state index in [1.165, 1.54) is 31.0 Å². The van der Waals surface area contributed by atoms with Gasteiger partial charge in [0.25, 0.3) is 0 Å². The molecule has 9 nitrogen and oxygen atoms in total. The number of benzene rings is 2. The third-order valence-corrected chi connectivity index (χ3v) is 11.7. The number of amides is 2. The van der Waals surface area contributed by atoms with Crippen molar-refractivity contribution < 1.29 is 29.3 Å². The van der Waals surface area contributed by atoms with Crippen LogP contribution in [0.15, 0.2) is 71.9 Å². The maximum Gasteiger partial charge on any atom is 0.338 e. The van der Waals surface area contributed by atoms with E-state index in [2.05, 4.69) is 22.5 Å². The van der Waals surface area contributed by atoms with Gasteiger partial charge in [0.05, 0.1) is 24.4 Å². The first-order valence-corrected chi connectivity index (χ1v) is 17.7. The lowest BCUT2D eigenvalue weighted by Crippen LogP contribution is -2.61. The molecule has 3 aromatic rings. The summed E-state index contributed by atoms with van der Waals surface area (Å²) < 4.78 is 13.1. The van der Waals surface area contributed by atoms with E-state index in [1.54, 1.807) is 18.3 Å². The Labute approximate surface area is 279 Å². The summed E-state index contributed by atoms with van der Waals surface area (Å²) in [4.78, 5) is 29.1. The largest absolute Gasteiger partial charge is 0.478 e. The van der Waals surface area contributed by atoms with Gasteiger partial charge in [-0.05, 0) is 85.1 Å². The van der Waals surface area contributed by atoms with Crippen molar-refractivity contribution in [2.45, 2.75) is 87.7 Å². The lowest BCUT2D eigenvalue weighted by molar-refractivity contribution is -0.268. The number of aromatic carboxylic acids is 1. The van der Waals surface area contributed by atoms with Crippen LogP contribution >= 0.6 is 11.8 Å². The zero-order valence-corrected chi connectivity index (χ0v) is 27.5. The molecule has 10 heteroatoms. The molecule has 1 aromatic heterocycles. The molecule has 2 amide bonds. The standard InChI is InChI=1S/C37H43N3O6S/c1-22-31(21-47-33-30(34(42)43)3-2-12-38-33)45-35(46-32(22)28-8-6-24(20-41)7-9-28)29-10-4-23(5-11-29)19-39-36(44)40-37-16-25-13-26(17-37)15-27(14-25)18-37/h2-12,22,25-27,31-32,35,41H,13-21H2,1H3,(H,42,43)(H2,39,40,44)/t22-,25?,26?,27?,31+,32+,35+,37?/m1/s1. The Hall–Kier alpha value is -3.44. The number of thioether (sulfide) groups is 1. The molecule has 4 N–H and O–H groups in total. The molecule has 0 unspecified atom stereocenters. The summed E-state index contributed by atoms with van der Waals surface area (Å²) in [6.45, 7) is 2.47. The molecule has 2 aromatic carbocycles. The van der Waals surface area contributed by atoms with Crippen molar-refractivity contribution in [2.24, 2.45) is 23.7 Å². The Morgan fingerprint density at radius 2 is 1.55 bits per heavy atom. The first kappa shape index (κ1) is 32.1. The molecule has 1 saturated heterocycles. The number of hydrogen-bond donors (Lipinski definition) is 4. The molecule has 4 saturated carbocycles. The number of aliphatic hydroxyl groups excluding tert-OH is 1. The zero-order chi connectivity index (χ0) is 32.5. The fourth-order valence-corrected chi connectivity index (χ4v) is 9.81. The number of rotatable bonds is 10. The van der Waals surface area contributed by atoms with Gasteiger partial charge >= 0.3 is 12.0 Å². The van der Waals surface area contributed by atoms with E-state index in [0.717, 1.165) is 59.3 Å². The van der Waals surface area contributed by atoms with Gasteiger partial charge in [-0.25, -0.2) is 14.6 Å². The second-order valence-electron chi connectivity index (χ2n) is 14.0. The SMILES string of the molecule is C[C@@H]1[C@H](CSc2ncccc2C(=O)O)O[C@H](c2ccc(CNC(=O)NC34CC5CC(CC(C5)C3)C4)cc2)O[C@@H]1c1ccc(CO)cc1. The number of nitrogens with one attached hydrogen (secondary N) is 2. The van der Waals surface area contributed by atoms with Gasteiger partial charge in [0.2, 0.25) is 0 Å². The predicted octanol–water partition coefficient (Wildman–Crippen LogP) is 6.62. The highest BCUT2D eigenvalue weighted by molar-refractivity contribution is 7.99. The molecular formula is C37H43N3O6S. The van der Waals surface area contributed by atoms with Crippen LogP contribution in [0.4, 0.5) is 4.79 Å². The first-order valence-electron chi connectivity index (χ1n) is 16.7. The summed E-state index contributed by atoms with van der Waals surface area (Å²) >= 11 is 1.37. The van der Waals surface area contributed by atoms with Crippen molar-refractivity contribution in [2.75, 3.05) is 5.75 Å². The van der Waals surface area contributed by atoms with E-state index in [1.807, 2.05) is 48.5 Å². The maximum atomic E-state index is 13.0. The molecule has 4 aliphatic carbocycles. The van der Waals surface area contributed by atoms with Gasteiger partial charge in [-0.3, -0.25) is 0 Å². The van der Waals surface area contributed by atoms with E-state index in [0.29, 0.717) is 17.3 Å². The normalized spacial score (nSPS) is 31.0. The minimum atomic E-state index is -1.01. The smallest absolute Gasteiger partial charge is 0.338 e. The fraction of sp³-hybridized carbons (Fsp3) is 0.486. The number of ether oxygens (including phenoxy) is 2. The summed E-state index contributed by atoms with van der Waals surface area (Å²) in [5.74, 6) is 1.75. The highest BCUT2D eigenvalue weighted by atomic mass is 32.2.